The molecule has 5 nitrogen and oxygen atoms in total. The topological polar surface area (TPSA) is 68.4 Å². The van der Waals surface area contributed by atoms with Crippen molar-refractivity contribution in [2.24, 2.45) is 0 Å². The minimum absolute atomic E-state index is 0.0325. The van der Waals surface area contributed by atoms with E-state index in [1.165, 1.54) is 0 Å². The first kappa shape index (κ1) is 13.1. The Labute approximate surface area is 113 Å². The molecule has 0 radical (unpaired) electrons. The molecule has 0 saturated carbocycles. The van der Waals surface area contributed by atoms with Crippen molar-refractivity contribution in [2.45, 2.75) is 13.0 Å². The van der Waals surface area contributed by atoms with E-state index in [-0.39, 0.29) is 13.2 Å². The third-order valence-electron chi connectivity index (χ3n) is 2.09. The summed E-state index contributed by atoms with van der Waals surface area (Å²) in [7, 11) is 0. The molecule has 0 amide bonds. The summed E-state index contributed by atoms with van der Waals surface area (Å²) in [6.07, 6.45) is 0.333. The number of aromatic nitrogens is 2. The predicted molar refractivity (Wildman–Crippen MR) is 65.9 cm³/mol. The number of rotatable bonds is 5. The first-order valence-corrected chi connectivity index (χ1v) is 5.94. The van der Waals surface area contributed by atoms with E-state index in [9.17, 15) is 0 Å². The normalized spacial score (nSPS) is 10.6. The monoisotopic (exact) mass is 288 g/mol. The van der Waals surface area contributed by atoms with Crippen LogP contribution in [0.15, 0.2) is 22.6 Å². The van der Waals surface area contributed by atoms with Crippen molar-refractivity contribution in [3.05, 3.63) is 40.0 Å². The number of aliphatic hydroxyl groups excluding tert-OH is 1. The van der Waals surface area contributed by atoms with Crippen LogP contribution in [0, 0.1) is 0 Å². The Bertz CT molecular complexity index is 531. The van der Waals surface area contributed by atoms with E-state index in [1.54, 1.807) is 18.2 Å². The van der Waals surface area contributed by atoms with Crippen molar-refractivity contribution in [3.63, 3.8) is 0 Å². The van der Waals surface area contributed by atoms with E-state index in [0.29, 0.717) is 34.0 Å². The summed E-state index contributed by atoms with van der Waals surface area (Å²) in [6, 6.07) is 4.94. The molecule has 0 aliphatic heterocycles. The van der Waals surface area contributed by atoms with Crippen LogP contribution < -0.4 is 4.74 Å². The predicted octanol–water partition coefficient (Wildman–Crippen LogP) is 2.49. The zero-order valence-electron chi connectivity index (χ0n) is 9.27. The van der Waals surface area contributed by atoms with Crippen LogP contribution in [0.4, 0.5) is 0 Å². The smallest absolute Gasteiger partial charge is 0.253 e. The van der Waals surface area contributed by atoms with Crippen molar-refractivity contribution in [1.29, 1.82) is 0 Å². The first-order chi connectivity index (χ1) is 8.69. The van der Waals surface area contributed by atoms with E-state index in [2.05, 4.69) is 10.2 Å². The minimum atomic E-state index is -0.0325. The van der Waals surface area contributed by atoms with Crippen LogP contribution in [0.1, 0.15) is 11.8 Å². The molecule has 2 rings (SSSR count). The van der Waals surface area contributed by atoms with Gasteiger partial charge in [-0.3, -0.25) is 0 Å². The fraction of sp³-hybridized carbons (Fsp3) is 0.273. The summed E-state index contributed by atoms with van der Waals surface area (Å²) in [4.78, 5) is 0. The van der Waals surface area contributed by atoms with Crippen LogP contribution in [-0.2, 0) is 13.0 Å². The molecule has 1 aromatic carbocycles. The molecule has 0 bridgehead atoms. The maximum atomic E-state index is 8.71. The van der Waals surface area contributed by atoms with Gasteiger partial charge >= 0.3 is 0 Å². The molecule has 0 saturated heterocycles. The van der Waals surface area contributed by atoms with Gasteiger partial charge in [-0.2, -0.15) is 0 Å². The molecule has 0 aliphatic rings. The van der Waals surface area contributed by atoms with Gasteiger partial charge in [-0.1, -0.05) is 23.2 Å². The van der Waals surface area contributed by atoms with Crippen molar-refractivity contribution in [2.75, 3.05) is 6.61 Å². The number of hydrogen-bond donors (Lipinski definition) is 1. The van der Waals surface area contributed by atoms with E-state index >= 15 is 0 Å². The highest BCUT2D eigenvalue weighted by Crippen LogP contribution is 2.26. The standard InChI is InChI=1S/C11H10Cl2N2O3/c12-8-2-1-7(5-9(8)13)17-6-11-15-14-10(18-11)3-4-16/h1-2,5,16H,3-4,6H2. The molecule has 2 aromatic rings. The maximum Gasteiger partial charge on any atom is 0.253 e. The van der Waals surface area contributed by atoms with Gasteiger partial charge in [-0.15, -0.1) is 10.2 Å². The molecule has 7 heteroatoms. The van der Waals surface area contributed by atoms with Gasteiger partial charge in [-0.05, 0) is 12.1 Å². The SMILES string of the molecule is OCCc1nnc(COc2ccc(Cl)c(Cl)c2)o1. The Morgan fingerprint density at radius 1 is 1.17 bits per heavy atom. The highest BCUT2D eigenvalue weighted by Gasteiger charge is 2.07. The lowest BCUT2D eigenvalue weighted by atomic mass is 10.3. The molecule has 18 heavy (non-hydrogen) atoms. The van der Waals surface area contributed by atoms with Gasteiger partial charge < -0.3 is 14.3 Å². The van der Waals surface area contributed by atoms with Crippen molar-refractivity contribution in [1.82, 2.24) is 10.2 Å². The van der Waals surface area contributed by atoms with Gasteiger partial charge in [-0.25, -0.2) is 0 Å². The Morgan fingerprint density at radius 2 is 1.94 bits per heavy atom. The Kier molecular flexibility index (Phi) is 4.41. The Hall–Kier alpha value is -1.30. The van der Waals surface area contributed by atoms with Gasteiger partial charge in [0.1, 0.15) is 5.75 Å². The fourth-order valence-electron chi connectivity index (χ4n) is 1.26. The van der Waals surface area contributed by atoms with E-state index in [1.807, 2.05) is 0 Å². The lowest BCUT2D eigenvalue weighted by Crippen LogP contribution is -1.95. The average molecular weight is 289 g/mol. The third-order valence-corrected chi connectivity index (χ3v) is 2.83. The first-order valence-electron chi connectivity index (χ1n) is 5.19. The average Bonchev–Trinajstić information content (AvgIpc) is 2.79. The van der Waals surface area contributed by atoms with Crippen molar-refractivity contribution in [3.8, 4) is 5.75 Å². The molecule has 0 fully saturated rings. The second kappa shape index (κ2) is 6.04. The number of hydrogen-bond acceptors (Lipinski definition) is 5. The molecule has 0 spiro atoms. The van der Waals surface area contributed by atoms with Crippen LogP contribution in [-0.4, -0.2) is 21.9 Å². The summed E-state index contributed by atoms with van der Waals surface area (Å²) < 4.78 is 10.7. The lowest BCUT2D eigenvalue weighted by Gasteiger charge is -2.04. The van der Waals surface area contributed by atoms with E-state index < -0.39 is 0 Å². The van der Waals surface area contributed by atoms with Gasteiger partial charge in [0.15, 0.2) is 6.61 Å². The summed E-state index contributed by atoms with van der Waals surface area (Å²) in [5.41, 5.74) is 0. The van der Waals surface area contributed by atoms with Crippen LogP contribution in [0.5, 0.6) is 5.75 Å². The molecule has 0 aliphatic carbocycles. The van der Waals surface area contributed by atoms with Crippen molar-refractivity contribution < 1.29 is 14.3 Å². The Balaban J connectivity index is 1.95. The number of ether oxygens (including phenoxy) is 1. The zero-order valence-corrected chi connectivity index (χ0v) is 10.8. The van der Waals surface area contributed by atoms with E-state index in [4.69, 9.17) is 37.5 Å². The summed E-state index contributed by atoms with van der Waals surface area (Å²) in [6.45, 7) is 0.103. The quantitative estimate of drug-likeness (QED) is 0.915. The molecule has 0 unspecified atom stereocenters. The second-order valence-electron chi connectivity index (χ2n) is 3.43. The summed E-state index contributed by atoms with van der Waals surface area (Å²) in [5.74, 6) is 1.28. The number of halogens is 2. The highest BCUT2D eigenvalue weighted by atomic mass is 35.5. The van der Waals surface area contributed by atoms with Crippen molar-refractivity contribution >= 4 is 23.2 Å². The highest BCUT2D eigenvalue weighted by molar-refractivity contribution is 6.42. The molecule has 0 atom stereocenters. The van der Waals surface area contributed by atoms with Gasteiger partial charge in [0.05, 0.1) is 16.7 Å². The number of aliphatic hydroxyl groups is 1. The van der Waals surface area contributed by atoms with Crippen LogP contribution in [0.25, 0.3) is 0 Å². The van der Waals surface area contributed by atoms with Gasteiger partial charge in [0.25, 0.3) is 5.89 Å². The Morgan fingerprint density at radius 3 is 2.67 bits per heavy atom. The molecule has 1 heterocycles. The van der Waals surface area contributed by atoms with Crippen LogP contribution in [0.3, 0.4) is 0 Å². The number of nitrogens with zero attached hydrogens (tertiary/aromatic N) is 2. The lowest BCUT2D eigenvalue weighted by molar-refractivity contribution is 0.250. The van der Waals surface area contributed by atoms with Crippen LogP contribution >= 0.6 is 23.2 Å². The molecule has 96 valence electrons. The molecular formula is C11H10Cl2N2O3. The van der Waals surface area contributed by atoms with E-state index in [0.717, 1.165) is 0 Å². The summed E-state index contributed by atoms with van der Waals surface area (Å²) >= 11 is 11.6. The molecular weight excluding hydrogens is 279 g/mol. The van der Waals surface area contributed by atoms with Gasteiger partial charge in [0, 0.05) is 12.5 Å². The second-order valence-corrected chi connectivity index (χ2v) is 4.24. The molecule has 1 N–H and O–H groups in total. The minimum Gasteiger partial charge on any atom is -0.484 e. The van der Waals surface area contributed by atoms with Crippen LogP contribution in [0.2, 0.25) is 10.0 Å². The largest absolute Gasteiger partial charge is 0.484 e. The molecule has 1 aromatic heterocycles. The zero-order chi connectivity index (χ0) is 13.0. The fourth-order valence-corrected chi connectivity index (χ4v) is 1.54. The third kappa shape index (κ3) is 3.35. The maximum absolute atomic E-state index is 8.71. The summed E-state index contributed by atoms with van der Waals surface area (Å²) in [5, 5.41) is 17.1. The van der Waals surface area contributed by atoms with Gasteiger partial charge in [0.2, 0.25) is 5.89 Å². The number of benzene rings is 1.